The Balaban J connectivity index is 2.60. The van der Waals surface area contributed by atoms with E-state index in [1.54, 1.807) is 4.68 Å². The summed E-state index contributed by atoms with van der Waals surface area (Å²) in [5.74, 6) is 0.847. The fourth-order valence-corrected chi connectivity index (χ4v) is 2.65. The lowest BCUT2D eigenvalue weighted by atomic mass is 10.1. The lowest BCUT2D eigenvalue weighted by molar-refractivity contribution is 0.318. The van der Waals surface area contributed by atoms with Crippen LogP contribution in [0.1, 0.15) is 22.4 Å². The van der Waals surface area contributed by atoms with Crippen molar-refractivity contribution in [2.75, 3.05) is 11.9 Å². The van der Waals surface area contributed by atoms with Crippen LogP contribution in [0.5, 0.6) is 0 Å². The number of hydrogen-bond acceptors (Lipinski definition) is 4. The lowest BCUT2D eigenvalue weighted by Gasteiger charge is -2.22. The third-order valence-corrected chi connectivity index (χ3v) is 3.47. The molecule has 3 N–H and O–H groups in total. The highest BCUT2D eigenvalue weighted by Crippen LogP contribution is 2.29. The predicted octanol–water partition coefficient (Wildman–Crippen LogP) is 2.21. The van der Waals surface area contributed by atoms with Gasteiger partial charge in [0, 0.05) is 19.8 Å². The molecule has 0 spiro atoms. The van der Waals surface area contributed by atoms with E-state index in [1.165, 1.54) is 11.1 Å². The molecule has 0 amide bonds. The number of benzene rings is 1. The van der Waals surface area contributed by atoms with Crippen LogP contribution in [0.3, 0.4) is 0 Å². The van der Waals surface area contributed by atoms with Crippen LogP contribution in [-0.2, 0) is 7.05 Å². The summed E-state index contributed by atoms with van der Waals surface area (Å²) < 4.78 is 1.74. The maximum Gasteiger partial charge on any atom is 0.175 e. The molecule has 6 nitrogen and oxygen atoms in total. The van der Waals surface area contributed by atoms with Crippen LogP contribution in [0.4, 0.5) is 11.5 Å². The van der Waals surface area contributed by atoms with Crippen LogP contribution in [0, 0.1) is 20.8 Å². The molecule has 0 aliphatic rings. The largest absolute Gasteiger partial charge is 0.409 e. The Morgan fingerprint density at radius 3 is 2.33 bits per heavy atom. The number of hydrogen-bond donors (Lipinski definition) is 2. The van der Waals surface area contributed by atoms with Crippen LogP contribution in [0.2, 0.25) is 0 Å². The van der Waals surface area contributed by atoms with Crippen molar-refractivity contribution in [3.05, 3.63) is 40.6 Å². The maximum absolute atomic E-state index is 8.99. The van der Waals surface area contributed by atoms with Gasteiger partial charge in [0.1, 0.15) is 5.82 Å². The smallest absolute Gasteiger partial charge is 0.175 e. The van der Waals surface area contributed by atoms with Crippen molar-refractivity contribution >= 4 is 17.3 Å². The van der Waals surface area contributed by atoms with E-state index in [0.717, 1.165) is 17.2 Å². The number of anilines is 2. The van der Waals surface area contributed by atoms with Crippen molar-refractivity contribution in [1.82, 2.24) is 9.78 Å². The summed E-state index contributed by atoms with van der Waals surface area (Å²) in [6.45, 7) is 5.96. The van der Waals surface area contributed by atoms with Gasteiger partial charge in [0.15, 0.2) is 5.84 Å². The summed E-state index contributed by atoms with van der Waals surface area (Å²) in [4.78, 5) is 1.99. The zero-order chi connectivity index (χ0) is 15.7. The number of oxime groups is 1. The number of rotatable bonds is 3. The molecule has 0 unspecified atom stereocenters. The van der Waals surface area contributed by atoms with Crippen LogP contribution in [0.15, 0.2) is 23.4 Å². The Morgan fingerprint density at radius 2 is 1.81 bits per heavy atom. The van der Waals surface area contributed by atoms with Gasteiger partial charge in [-0.25, -0.2) is 0 Å². The molecule has 0 radical (unpaired) electrons. The molecule has 1 aromatic heterocycles. The van der Waals surface area contributed by atoms with Crippen molar-refractivity contribution < 1.29 is 5.21 Å². The molecule has 0 saturated heterocycles. The molecule has 0 aliphatic carbocycles. The minimum absolute atomic E-state index is 0.0619. The van der Waals surface area contributed by atoms with Crippen molar-refractivity contribution in [2.45, 2.75) is 20.8 Å². The quantitative estimate of drug-likeness (QED) is 0.392. The Labute approximate surface area is 124 Å². The Bertz CT molecular complexity index is 682. The highest BCUT2D eigenvalue weighted by molar-refractivity contribution is 6.03. The summed E-state index contributed by atoms with van der Waals surface area (Å²) >= 11 is 0. The van der Waals surface area contributed by atoms with E-state index in [1.807, 2.05) is 25.9 Å². The van der Waals surface area contributed by atoms with Gasteiger partial charge in [-0.2, -0.15) is 5.10 Å². The summed E-state index contributed by atoms with van der Waals surface area (Å²) in [6, 6.07) is 6.30. The molecule has 112 valence electrons. The fourth-order valence-electron chi connectivity index (χ4n) is 2.65. The first-order chi connectivity index (χ1) is 9.85. The molecule has 0 aliphatic heterocycles. The number of amidine groups is 1. The van der Waals surface area contributed by atoms with Crippen molar-refractivity contribution in [1.29, 1.82) is 0 Å². The first-order valence-corrected chi connectivity index (χ1v) is 6.68. The standard InChI is InChI=1S/C15H21N5O/c1-9-6-10(2)8-12(7-9)19(4)15-13(14(16)18-21)11(3)17-20(15)5/h6-8,21H,1-5H3,(H2,16,18). The second kappa shape index (κ2) is 5.47. The van der Waals surface area contributed by atoms with Crippen molar-refractivity contribution in [3.63, 3.8) is 0 Å². The van der Waals surface area contributed by atoms with Crippen LogP contribution >= 0.6 is 0 Å². The number of nitrogens with two attached hydrogens (primary N) is 1. The van der Waals surface area contributed by atoms with E-state index >= 15 is 0 Å². The molecule has 0 bridgehead atoms. The van der Waals surface area contributed by atoms with Crippen LogP contribution in [0.25, 0.3) is 0 Å². The van der Waals surface area contributed by atoms with E-state index in [9.17, 15) is 0 Å². The van der Waals surface area contributed by atoms with Gasteiger partial charge in [0.2, 0.25) is 0 Å². The van der Waals surface area contributed by atoms with E-state index in [4.69, 9.17) is 10.9 Å². The Hall–Kier alpha value is -2.50. The molecule has 6 heteroatoms. The van der Waals surface area contributed by atoms with Gasteiger partial charge in [-0.05, 0) is 44.0 Å². The third kappa shape index (κ3) is 2.69. The van der Waals surface area contributed by atoms with Crippen molar-refractivity contribution in [3.8, 4) is 0 Å². The summed E-state index contributed by atoms with van der Waals surface area (Å²) in [5.41, 5.74) is 10.6. The Kier molecular flexibility index (Phi) is 3.88. The highest BCUT2D eigenvalue weighted by atomic mass is 16.4. The van der Waals surface area contributed by atoms with E-state index in [0.29, 0.717) is 5.56 Å². The lowest BCUT2D eigenvalue weighted by Crippen LogP contribution is -2.21. The number of nitrogens with zero attached hydrogens (tertiary/aromatic N) is 4. The molecule has 0 atom stereocenters. The molecule has 1 heterocycles. The normalized spacial score (nSPS) is 11.8. The summed E-state index contributed by atoms with van der Waals surface area (Å²) in [7, 11) is 3.79. The minimum atomic E-state index is 0.0619. The fraction of sp³-hybridized carbons (Fsp3) is 0.333. The Morgan fingerprint density at radius 1 is 1.24 bits per heavy atom. The average Bonchev–Trinajstić information content (AvgIpc) is 2.70. The van der Waals surface area contributed by atoms with Crippen molar-refractivity contribution in [2.24, 2.45) is 17.9 Å². The number of aromatic nitrogens is 2. The average molecular weight is 287 g/mol. The molecule has 21 heavy (non-hydrogen) atoms. The van der Waals surface area contributed by atoms with Gasteiger partial charge >= 0.3 is 0 Å². The van der Waals surface area contributed by atoms with E-state index in [2.05, 4.69) is 42.3 Å². The molecule has 0 saturated carbocycles. The minimum Gasteiger partial charge on any atom is -0.409 e. The molecular weight excluding hydrogens is 266 g/mol. The summed E-state index contributed by atoms with van der Waals surface area (Å²) in [6.07, 6.45) is 0. The third-order valence-electron chi connectivity index (χ3n) is 3.47. The first kappa shape index (κ1) is 14.9. The van der Waals surface area contributed by atoms with Gasteiger partial charge in [-0.15, -0.1) is 0 Å². The molecule has 2 aromatic rings. The highest BCUT2D eigenvalue weighted by Gasteiger charge is 2.21. The van der Waals surface area contributed by atoms with Crippen LogP contribution in [-0.4, -0.2) is 27.9 Å². The second-order valence-corrected chi connectivity index (χ2v) is 5.30. The van der Waals surface area contributed by atoms with Gasteiger partial charge in [-0.3, -0.25) is 4.68 Å². The maximum atomic E-state index is 8.99. The first-order valence-electron chi connectivity index (χ1n) is 6.68. The van der Waals surface area contributed by atoms with E-state index in [-0.39, 0.29) is 5.84 Å². The molecule has 0 fully saturated rings. The topological polar surface area (TPSA) is 79.7 Å². The number of aryl methyl sites for hydroxylation is 4. The van der Waals surface area contributed by atoms with Gasteiger partial charge in [0.05, 0.1) is 11.3 Å². The monoisotopic (exact) mass is 287 g/mol. The van der Waals surface area contributed by atoms with E-state index < -0.39 is 0 Å². The molecular formula is C15H21N5O. The molecule has 1 aromatic carbocycles. The van der Waals surface area contributed by atoms with Gasteiger partial charge in [-0.1, -0.05) is 11.2 Å². The van der Waals surface area contributed by atoms with Gasteiger partial charge in [0.25, 0.3) is 0 Å². The SMILES string of the molecule is Cc1cc(C)cc(N(C)c2c(C(N)=NO)c(C)nn2C)c1. The van der Waals surface area contributed by atoms with Crippen LogP contribution < -0.4 is 10.6 Å². The second-order valence-electron chi connectivity index (χ2n) is 5.30. The zero-order valence-corrected chi connectivity index (χ0v) is 13.0. The predicted molar refractivity (Wildman–Crippen MR) is 84.4 cm³/mol. The zero-order valence-electron chi connectivity index (χ0n) is 13.0. The summed E-state index contributed by atoms with van der Waals surface area (Å²) in [5, 5.41) is 16.5. The van der Waals surface area contributed by atoms with Gasteiger partial charge < -0.3 is 15.8 Å². The molecule has 2 rings (SSSR count).